The summed E-state index contributed by atoms with van der Waals surface area (Å²) >= 11 is 0. The SMILES string of the molecule is CCCS(=O)(=O)NCCCCN=[N+]=[N-]. The lowest BCUT2D eigenvalue weighted by atomic mass is 10.3. The molecule has 14 heavy (non-hydrogen) atoms. The molecule has 0 aliphatic heterocycles. The van der Waals surface area contributed by atoms with E-state index in [1.807, 2.05) is 6.92 Å². The van der Waals surface area contributed by atoms with Crippen LogP contribution in [0.15, 0.2) is 5.11 Å². The third-order valence-corrected chi connectivity index (χ3v) is 3.13. The smallest absolute Gasteiger partial charge is 0.211 e. The van der Waals surface area contributed by atoms with Crippen molar-refractivity contribution >= 4 is 10.0 Å². The Labute approximate surface area is 84.4 Å². The van der Waals surface area contributed by atoms with Gasteiger partial charge < -0.3 is 0 Å². The summed E-state index contributed by atoms with van der Waals surface area (Å²) in [6, 6.07) is 0. The quantitative estimate of drug-likeness (QED) is 0.290. The Morgan fingerprint density at radius 2 is 2.14 bits per heavy atom. The number of unbranched alkanes of at least 4 members (excludes halogenated alkanes) is 1. The Hall–Kier alpha value is -0.780. The number of hydrogen-bond donors (Lipinski definition) is 1. The molecule has 0 atom stereocenters. The lowest BCUT2D eigenvalue weighted by Crippen LogP contribution is -2.27. The normalized spacial score (nSPS) is 10.9. The molecule has 0 fully saturated rings. The number of nitrogens with one attached hydrogen (secondary N) is 1. The van der Waals surface area contributed by atoms with Gasteiger partial charge >= 0.3 is 0 Å². The zero-order chi connectivity index (χ0) is 10.9. The van der Waals surface area contributed by atoms with Gasteiger partial charge in [-0.15, -0.1) is 0 Å². The van der Waals surface area contributed by atoms with Gasteiger partial charge in [0.15, 0.2) is 0 Å². The van der Waals surface area contributed by atoms with Crippen molar-refractivity contribution < 1.29 is 8.42 Å². The molecule has 0 saturated heterocycles. The van der Waals surface area contributed by atoms with E-state index in [-0.39, 0.29) is 5.75 Å². The van der Waals surface area contributed by atoms with Gasteiger partial charge in [0, 0.05) is 18.0 Å². The molecule has 0 spiro atoms. The highest BCUT2D eigenvalue weighted by molar-refractivity contribution is 7.89. The van der Waals surface area contributed by atoms with Crippen LogP contribution < -0.4 is 4.72 Å². The molecule has 0 heterocycles. The summed E-state index contributed by atoms with van der Waals surface area (Å²) in [4.78, 5) is 2.60. The van der Waals surface area contributed by atoms with Crippen LogP contribution in [0.2, 0.25) is 0 Å². The van der Waals surface area contributed by atoms with E-state index in [1.165, 1.54) is 0 Å². The van der Waals surface area contributed by atoms with Crippen LogP contribution in [0.1, 0.15) is 26.2 Å². The van der Waals surface area contributed by atoms with E-state index in [2.05, 4.69) is 14.7 Å². The third kappa shape index (κ3) is 7.85. The topological polar surface area (TPSA) is 94.9 Å². The molecule has 0 aromatic heterocycles. The molecule has 0 unspecified atom stereocenters. The summed E-state index contributed by atoms with van der Waals surface area (Å²) in [5, 5.41) is 3.35. The van der Waals surface area contributed by atoms with E-state index in [4.69, 9.17) is 5.53 Å². The third-order valence-electron chi connectivity index (χ3n) is 1.54. The summed E-state index contributed by atoms with van der Waals surface area (Å²) in [5.74, 6) is 0.170. The van der Waals surface area contributed by atoms with Gasteiger partial charge in [-0.25, -0.2) is 13.1 Å². The van der Waals surface area contributed by atoms with Crippen molar-refractivity contribution in [3.8, 4) is 0 Å². The first-order valence-corrected chi connectivity index (χ1v) is 6.26. The molecule has 0 aliphatic rings. The minimum absolute atomic E-state index is 0.170. The molecule has 0 bridgehead atoms. The van der Waals surface area contributed by atoms with E-state index in [0.717, 1.165) is 0 Å². The van der Waals surface area contributed by atoms with E-state index in [9.17, 15) is 8.42 Å². The maximum Gasteiger partial charge on any atom is 0.211 e. The molecule has 1 N–H and O–H groups in total. The molecule has 0 rings (SSSR count). The fourth-order valence-corrected chi connectivity index (χ4v) is 2.06. The molecule has 0 saturated carbocycles. The minimum Gasteiger partial charge on any atom is -0.215 e. The second-order valence-corrected chi connectivity index (χ2v) is 4.80. The first-order valence-electron chi connectivity index (χ1n) is 4.60. The summed E-state index contributed by atoms with van der Waals surface area (Å²) in [7, 11) is -3.08. The number of rotatable bonds is 8. The molecule has 82 valence electrons. The molecular formula is C7H16N4O2S. The van der Waals surface area contributed by atoms with E-state index < -0.39 is 10.0 Å². The number of hydrogen-bond acceptors (Lipinski definition) is 3. The Bertz CT molecular complexity index is 282. The van der Waals surface area contributed by atoms with Crippen LogP contribution in [0.4, 0.5) is 0 Å². The fourth-order valence-electron chi connectivity index (χ4n) is 0.921. The van der Waals surface area contributed by atoms with Gasteiger partial charge in [-0.3, -0.25) is 0 Å². The van der Waals surface area contributed by atoms with Crippen molar-refractivity contribution in [2.45, 2.75) is 26.2 Å². The number of nitrogens with zero attached hydrogens (tertiary/aromatic N) is 3. The van der Waals surface area contributed by atoms with Gasteiger partial charge in [0.1, 0.15) is 0 Å². The Balaban J connectivity index is 3.49. The zero-order valence-electron chi connectivity index (χ0n) is 8.31. The van der Waals surface area contributed by atoms with Crippen LogP contribution in [0, 0.1) is 0 Å². The van der Waals surface area contributed by atoms with Crippen LogP contribution in [-0.4, -0.2) is 27.3 Å². The van der Waals surface area contributed by atoms with Crippen molar-refractivity contribution in [1.29, 1.82) is 0 Å². The predicted octanol–water partition coefficient (Wildman–Crippen LogP) is 1.41. The summed E-state index contributed by atoms with van der Waals surface area (Å²) in [6.07, 6.45) is 2.02. The van der Waals surface area contributed by atoms with Gasteiger partial charge in [0.25, 0.3) is 0 Å². The Kier molecular flexibility index (Phi) is 7.18. The summed E-state index contributed by atoms with van der Waals surface area (Å²) in [6.45, 7) is 2.66. The fraction of sp³-hybridized carbons (Fsp3) is 1.00. The van der Waals surface area contributed by atoms with Gasteiger partial charge in [-0.05, 0) is 24.8 Å². The van der Waals surface area contributed by atoms with Crippen LogP contribution in [0.5, 0.6) is 0 Å². The van der Waals surface area contributed by atoms with Gasteiger partial charge in [-0.2, -0.15) is 0 Å². The van der Waals surface area contributed by atoms with Crippen molar-refractivity contribution in [2.75, 3.05) is 18.8 Å². The lowest BCUT2D eigenvalue weighted by Gasteiger charge is -2.03. The van der Waals surface area contributed by atoms with Crippen LogP contribution in [-0.2, 0) is 10.0 Å². The Morgan fingerprint density at radius 3 is 2.71 bits per heavy atom. The number of azide groups is 1. The standard InChI is InChI=1S/C7H16N4O2S/c1-2-7-14(12,13)10-6-4-3-5-9-11-8/h10H,2-7H2,1H3. The van der Waals surface area contributed by atoms with Gasteiger partial charge in [0.2, 0.25) is 10.0 Å². The molecule has 0 aliphatic carbocycles. The van der Waals surface area contributed by atoms with Crippen molar-refractivity contribution in [3.63, 3.8) is 0 Å². The van der Waals surface area contributed by atoms with E-state index in [1.54, 1.807) is 0 Å². The van der Waals surface area contributed by atoms with Crippen LogP contribution >= 0.6 is 0 Å². The molecule has 0 aromatic rings. The highest BCUT2D eigenvalue weighted by atomic mass is 32.2. The number of sulfonamides is 1. The highest BCUT2D eigenvalue weighted by Crippen LogP contribution is 1.92. The average molecular weight is 220 g/mol. The predicted molar refractivity (Wildman–Crippen MR) is 55.3 cm³/mol. The Morgan fingerprint density at radius 1 is 1.43 bits per heavy atom. The molecular weight excluding hydrogens is 204 g/mol. The second-order valence-electron chi connectivity index (χ2n) is 2.87. The monoisotopic (exact) mass is 220 g/mol. The molecule has 0 amide bonds. The first kappa shape index (κ1) is 13.2. The van der Waals surface area contributed by atoms with Gasteiger partial charge in [0.05, 0.1) is 5.75 Å². The van der Waals surface area contributed by atoms with Crippen molar-refractivity contribution in [1.82, 2.24) is 4.72 Å². The zero-order valence-corrected chi connectivity index (χ0v) is 9.13. The summed E-state index contributed by atoms with van der Waals surface area (Å²) < 4.78 is 24.7. The van der Waals surface area contributed by atoms with Crippen LogP contribution in [0.3, 0.4) is 0 Å². The van der Waals surface area contributed by atoms with Crippen molar-refractivity contribution in [2.24, 2.45) is 5.11 Å². The highest BCUT2D eigenvalue weighted by Gasteiger charge is 2.06. The van der Waals surface area contributed by atoms with Crippen molar-refractivity contribution in [3.05, 3.63) is 10.4 Å². The molecule has 6 nitrogen and oxygen atoms in total. The van der Waals surface area contributed by atoms with E-state index in [0.29, 0.717) is 32.4 Å². The average Bonchev–Trinajstić information content (AvgIpc) is 2.11. The first-order chi connectivity index (χ1) is 6.62. The minimum atomic E-state index is -3.08. The lowest BCUT2D eigenvalue weighted by molar-refractivity contribution is 0.576. The van der Waals surface area contributed by atoms with E-state index >= 15 is 0 Å². The van der Waals surface area contributed by atoms with Crippen LogP contribution in [0.25, 0.3) is 10.4 Å². The van der Waals surface area contributed by atoms with Gasteiger partial charge in [-0.1, -0.05) is 12.0 Å². The maximum absolute atomic E-state index is 11.1. The largest absolute Gasteiger partial charge is 0.215 e. The summed E-state index contributed by atoms with van der Waals surface area (Å²) in [5.41, 5.74) is 7.97. The molecule has 0 aromatic carbocycles. The molecule has 7 heteroatoms. The second kappa shape index (κ2) is 7.61. The molecule has 0 radical (unpaired) electrons. The maximum atomic E-state index is 11.1.